The van der Waals surface area contributed by atoms with Crippen LogP contribution in [0.25, 0.3) is 0 Å². The Morgan fingerprint density at radius 2 is 1.75 bits per heavy atom. The van der Waals surface area contributed by atoms with Crippen LogP contribution >= 0.6 is 0 Å². The largest absolute Gasteiger partial charge is 0.497 e. The zero-order valence-electron chi connectivity index (χ0n) is 15.1. The lowest BCUT2D eigenvalue weighted by molar-refractivity contribution is -0.132. The van der Waals surface area contributed by atoms with Gasteiger partial charge in [-0.25, -0.2) is 0 Å². The normalized spacial score (nSPS) is 10.4. The highest BCUT2D eigenvalue weighted by Crippen LogP contribution is 2.28. The fourth-order valence-electron chi connectivity index (χ4n) is 2.31. The van der Waals surface area contributed by atoms with Crippen LogP contribution in [-0.2, 0) is 9.59 Å². The molecule has 0 fully saturated rings. The lowest BCUT2D eigenvalue weighted by atomic mass is 10.2. The average Bonchev–Trinajstić information content (AvgIpc) is 2.55. The van der Waals surface area contributed by atoms with Gasteiger partial charge in [0.25, 0.3) is 0 Å². The van der Waals surface area contributed by atoms with E-state index < -0.39 is 0 Å². The van der Waals surface area contributed by atoms with Gasteiger partial charge in [0.1, 0.15) is 11.5 Å². The van der Waals surface area contributed by atoms with Crippen LogP contribution in [0, 0.1) is 0 Å². The molecule has 0 aromatic heterocycles. The Morgan fingerprint density at radius 1 is 1.08 bits per heavy atom. The van der Waals surface area contributed by atoms with Crippen molar-refractivity contribution in [1.82, 2.24) is 9.80 Å². The highest BCUT2D eigenvalue weighted by molar-refractivity contribution is 5.94. The molecule has 0 atom stereocenters. The van der Waals surface area contributed by atoms with Gasteiger partial charge in [0, 0.05) is 19.2 Å². The molecule has 0 unspecified atom stereocenters. The second-order valence-electron chi connectivity index (χ2n) is 5.35. The maximum absolute atomic E-state index is 12.2. The molecule has 7 heteroatoms. The van der Waals surface area contributed by atoms with Crippen molar-refractivity contribution in [2.45, 2.75) is 13.8 Å². The van der Waals surface area contributed by atoms with Crippen molar-refractivity contribution in [2.24, 2.45) is 0 Å². The third-order valence-corrected chi connectivity index (χ3v) is 3.62. The van der Waals surface area contributed by atoms with Crippen molar-refractivity contribution in [3.63, 3.8) is 0 Å². The highest BCUT2D eigenvalue weighted by Gasteiger charge is 2.16. The first-order chi connectivity index (χ1) is 11.4. The lowest BCUT2D eigenvalue weighted by Crippen LogP contribution is -2.41. The fourth-order valence-corrected chi connectivity index (χ4v) is 2.31. The third-order valence-electron chi connectivity index (χ3n) is 3.62. The number of hydrogen-bond donors (Lipinski definition) is 1. The second kappa shape index (κ2) is 9.77. The molecule has 0 bridgehead atoms. The predicted octanol–water partition coefficient (Wildman–Crippen LogP) is 1.44. The van der Waals surface area contributed by atoms with Gasteiger partial charge in [-0.2, -0.15) is 0 Å². The van der Waals surface area contributed by atoms with Crippen molar-refractivity contribution >= 4 is 17.5 Å². The molecule has 0 heterocycles. The van der Waals surface area contributed by atoms with Crippen molar-refractivity contribution in [2.75, 3.05) is 52.8 Å². The first-order valence-corrected chi connectivity index (χ1v) is 7.93. The molecule has 7 nitrogen and oxygen atoms in total. The summed E-state index contributed by atoms with van der Waals surface area (Å²) < 4.78 is 10.4. The number of carbonyl (C=O) groups excluding carboxylic acids is 2. The number of anilines is 1. The smallest absolute Gasteiger partial charge is 0.238 e. The van der Waals surface area contributed by atoms with Crippen LogP contribution in [0.15, 0.2) is 18.2 Å². The van der Waals surface area contributed by atoms with Crippen LogP contribution in [-0.4, -0.2) is 69.1 Å². The number of carbonyl (C=O) groups is 2. The monoisotopic (exact) mass is 337 g/mol. The predicted molar refractivity (Wildman–Crippen MR) is 93.6 cm³/mol. The minimum absolute atomic E-state index is 0.00857. The number of likely N-dealkylation sites (N-methyl/N-ethyl adjacent to an activating group) is 2. The van der Waals surface area contributed by atoms with E-state index in [0.29, 0.717) is 30.3 Å². The van der Waals surface area contributed by atoms with Crippen molar-refractivity contribution < 1.29 is 19.1 Å². The average molecular weight is 337 g/mol. The van der Waals surface area contributed by atoms with E-state index in [4.69, 9.17) is 9.47 Å². The lowest BCUT2D eigenvalue weighted by Gasteiger charge is -2.22. The van der Waals surface area contributed by atoms with E-state index in [1.165, 1.54) is 7.11 Å². The number of methoxy groups -OCH3 is 2. The minimum atomic E-state index is -0.226. The van der Waals surface area contributed by atoms with Crippen molar-refractivity contribution in [3.8, 4) is 11.5 Å². The molecule has 1 aromatic rings. The van der Waals surface area contributed by atoms with Gasteiger partial charge in [-0.1, -0.05) is 0 Å². The second-order valence-corrected chi connectivity index (χ2v) is 5.35. The summed E-state index contributed by atoms with van der Waals surface area (Å²) in [4.78, 5) is 27.7. The number of amides is 2. The van der Waals surface area contributed by atoms with E-state index in [1.807, 2.05) is 13.8 Å². The Labute approximate surface area is 143 Å². The molecule has 0 radical (unpaired) electrons. The number of hydrogen-bond acceptors (Lipinski definition) is 5. The van der Waals surface area contributed by atoms with Gasteiger partial charge in [-0.3, -0.25) is 14.5 Å². The molecule has 0 saturated heterocycles. The summed E-state index contributed by atoms with van der Waals surface area (Å²) >= 11 is 0. The Kier molecular flexibility index (Phi) is 8.05. The fraction of sp³-hybridized carbons (Fsp3) is 0.529. The van der Waals surface area contributed by atoms with E-state index in [2.05, 4.69) is 5.32 Å². The Balaban J connectivity index is 2.64. The summed E-state index contributed by atoms with van der Waals surface area (Å²) in [6.45, 7) is 5.50. The van der Waals surface area contributed by atoms with Gasteiger partial charge >= 0.3 is 0 Å². The topological polar surface area (TPSA) is 71.1 Å². The van der Waals surface area contributed by atoms with Crippen molar-refractivity contribution in [1.29, 1.82) is 0 Å². The van der Waals surface area contributed by atoms with Crippen LogP contribution in [0.2, 0.25) is 0 Å². The zero-order valence-corrected chi connectivity index (χ0v) is 15.1. The molecular formula is C17H27N3O4. The Hall–Kier alpha value is -2.28. The Bertz CT molecular complexity index is 559. The van der Waals surface area contributed by atoms with Crippen LogP contribution in [0.5, 0.6) is 11.5 Å². The molecule has 0 aliphatic rings. The maximum Gasteiger partial charge on any atom is 0.238 e. The van der Waals surface area contributed by atoms with E-state index in [9.17, 15) is 9.59 Å². The SMILES string of the molecule is CCN(CC)C(=O)CN(C)CC(=O)Nc1cc(OC)ccc1OC. The summed E-state index contributed by atoms with van der Waals surface area (Å²) in [6.07, 6.45) is 0. The van der Waals surface area contributed by atoms with E-state index in [0.717, 1.165) is 0 Å². The van der Waals surface area contributed by atoms with Gasteiger partial charge in [0.05, 0.1) is 33.0 Å². The van der Waals surface area contributed by atoms with E-state index in [-0.39, 0.29) is 24.9 Å². The van der Waals surface area contributed by atoms with E-state index in [1.54, 1.807) is 42.2 Å². The van der Waals surface area contributed by atoms with Crippen molar-refractivity contribution in [3.05, 3.63) is 18.2 Å². The molecule has 134 valence electrons. The molecule has 0 aliphatic carbocycles. The first kappa shape index (κ1) is 19.8. The molecule has 0 spiro atoms. The van der Waals surface area contributed by atoms with Gasteiger partial charge in [-0.15, -0.1) is 0 Å². The number of benzene rings is 1. The van der Waals surface area contributed by atoms with Crippen LogP contribution in [0.3, 0.4) is 0 Å². The molecular weight excluding hydrogens is 310 g/mol. The zero-order chi connectivity index (χ0) is 18.1. The maximum atomic E-state index is 12.2. The summed E-state index contributed by atoms with van der Waals surface area (Å²) in [5, 5.41) is 2.79. The van der Waals surface area contributed by atoms with Crippen LogP contribution in [0.1, 0.15) is 13.8 Å². The van der Waals surface area contributed by atoms with Gasteiger partial charge < -0.3 is 19.7 Å². The van der Waals surface area contributed by atoms with Crippen LogP contribution < -0.4 is 14.8 Å². The van der Waals surface area contributed by atoms with E-state index >= 15 is 0 Å². The molecule has 0 saturated carbocycles. The van der Waals surface area contributed by atoms with Gasteiger partial charge in [-0.05, 0) is 33.0 Å². The van der Waals surface area contributed by atoms with Gasteiger partial charge in [0.2, 0.25) is 11.8 Å². The summed E-state index contributed by atoms with van der Waals surface area (Å²) in [5.41, 5.74) is 0.533. The Morgan fingerprint density at radius 3 is 2.29 bits per heavy atom. The van der Waals surface area contributed by atoms with Crippen LogP contribution in [0.4, 0.5) is 5.69 Å². The highest BCUT2D eigenvalue weighted by atomic mass is 16.5. The number of rotatable bonds is 9. The standard InChI is InChI=1S/C17H27N3O4/c1-6-20(7-2)17(22)12-19(3)11-16(21)18-14-10-13(23-4)8-9-15(14)24-5/h8-10H,6-7,11-12H2,1-5H3,(H,18,21). The number of ether oxygens (including phenoxy) is 2. The third kappa shape index (κ3) is 5.73. The van der Waals surface area contributed by atoms with Gasteiger partial charge in [0.15, 0.2) is 0 Å². The summed E-state index contributed by atoms with van der Waals surface area (Å²) in [7, 11) is 4.83. The molecule has 1 aromatic carbocycles. The summed E-state index contributed by atoms with van der Waals surface area (Å²) in [6, 6.07) is 5.17. The molecule has 1 rings (SSSR count). The quantitative estimate of drug-likeness (QED) is 0.738. The number of nitrogens with zero attached hydrogens (tertiary/aromatic N) is 2. The molecule has 0 aliphatic heterocycles. The first-order valence-electron chi connectivity index (χ1n) is 7.93. The number of nitrogens with one attached hydrogen (secondary N) is 1. The minimum Gasteiger partial charge on any atom is -0.497 e. The molecule has 2 amide bonds. The molecule has 24 heavy (non-hydrogen) atoms. The summed E-state index contributed by atoms with van der Waals surface area (Å²) in [5.74, 6) is 0.952. The molecule has 1 N–H and O–H groups in total.